The number of ketones is 1. The molecule has 0 amide bonds. The Bertz CT molecular complexity index is 847. The third-order valence-electron chi connectivity index (χ3n) is 11.5. The minimum absolute atomic E-state index is 0.00822. The van der Waals surface area contributed by atoms with Crippen LogP contribution in [0.15, 0.2) is 0 Å². The number of fused-ring (bicyclic) bond motifs is 7. The van der Waals surface area contributed by atoms with Crippen molar-refractivity contribution in [3.05, 3.63) is 0 Å². The summed E-state index contributed by atoms with van der Waals surface area (Å²) in [5.41, 5.74) is -2.38. The molecule has 2 unspecified atom stereocenters. The summed E-state index contributed by atoms with van der Waals surface area (Å²) in [4.78, 5) is 14.2. The van der Waals surface area contributed by atoms with Crippen molar-refractivity contribution in [1.29, 1.82) is 0 Å². The van der Waals surface area contributed by atoms with Crippen LogP contribution in [0.25, 0.3) is 0 Å². The smallest absolute Gasteiger partial charge is 0.143 e. The number of carbonyl (C=O) groups is 1. The minimum atomic E-state index is -1.33. The molecular weight excluding hydrogens is 436 g/mol. The van der Waals surface area contributed by atoms with E-state index in [1.807, 2.05) is 6.92 Å². The molecule has 0 saturated heterocycles. The molecule has 0 heterocycles. The van der Waals surface area contributed by atoms with Gasteiger partial charge >= 0.3 is 0 Å². The Hall–Kier alpha value is -0.570. The Morgan fingerprint density at radius 2 is 1.62 bits per heavy atom. The van der Waals surface area contributed by atoms with Gasteiger partial charge in [-0.3, -0.25) is 4.79 Å². The molecule has 15 atom stereocenters. The van der Waals surface area contributed by atoms with E-state index in [9.17, 15) is 35.4 Å². The number of Topliss-reactive ketones (excluding diaryl/α,β-unsaturated/α-hetero) is 1. The van der Waals surface area contributed by atoms with Crippen molar-refractivity contribution in [2.45, 2.75) is 103 Å². The van der Waals surface area contributed by atoms with E-state index in [0.717, 1.165) is 6.42 Å². The molecule has 5 rings (SSSR count). The van der Waals surface area contributed by atoms with Crippen LogP contribution in [0.4, 0.5) is 0 Å². The van der Waals surface area contributed by atoms with Crippen LogP contribution >= 0.6 is 0 Å². The molecule has 0 bridgehead atoms. The van der Waals surface area contributed by atoms with E-state index >= 15 is 0 Å². The molecule has 0 aromatic rings. The largest absolute Gasteiger partial charge is 0.390 e. The second-order valence-corrected chi connectivity index (χ2v) is 13.7. The molecule has 0 radical (unpaired) electrons. The van der Waals surface area contributed by atoms with Gasteiger partial charge in [0.05, 0.1) is 35.9 Å². The molecule has 0 aromatic carbocycles. The molecule has 5 saturated carbocycles. The highest BCUT2D eigenvalue weighted by molar-refractivity contribution is 5.89. The Morgan fingerprint density at radius 3 is 2.24 bits per heavy atom. The van der Waals surface area contributed by atoms with Gasteiger partial charge in [-0.25, -0.2) is 0 Å². The van der Waals surface area contributed by atoms with E-state index in [4.69, 9.17) is 0 Å². The van der Waals surface area contributed by atoms with Gasteiger partial charge in [0.1, 0.15) is 11.9 Å². The summed E-state index contributed by atoms with van der Waals surface area (Å²) in [6.07, 6.45) is -3.43. The van der Waals surface area contributed by atoms with Crippen molar-refractivity contribution >= 4 is 5.78 Å². The van der Waals surface area contributed by atoms with Crippen molar-refractivity contribution in [2.75, 3.05) is 0 Å². The Balaban J connectivity index is 1.58. The zero-order valence-electron chi connectivity index (χ0n) is 21.1. The average Bonchev–Trinajstić information content (AvgIpc) is 3.15. The highest BCUT2D eigenvalue weighted by atomic mass is 16.4. The maximum Gasteiger partial charge on any atom is 0.143 e. The van der Waals surface area contributed by atoms with E-state index < -0.39 is 70.6 Å². The van der Waals surface area contributed by atoms with Crippen LogP contribution in [0.2, 0.25) is 0 Å². The zero-order valence-corrected chi connectivity index (χ0v) is 21.1. The molecule has 5 aliphatic rings. The first kappa shape index (κ1) is 25.1. The third kappa shape index (κ3) is 2.94. The van der Waals surface area contributed by atoms with Crippen LogP contribution < -0.4 is 0 Å². The summed E-state index contributed by atoms with van der Waals surface area (Å²) in [5.74, 6) is -1.94. The fourth-order valence-electron chi connectivity index (χ4n) is 10.5. The Labute approximate surface area is 202 Å². The van der Waals surface area contributed by atoms with Gasteiger partial charge in [0.25, 0.3) is 0 Å². The van der Waals surface area contributed by atoms with Crippen molar-refractivity contribution in [1.82, 2.24) is 0 Å². The molecule has 194 valence electrons. The van der Waals surface area contributed by atoms with E-state index in [1.54, 1.807) is 0 Å². The first-order valence-electron chi connectivity index (χ1n) is 13.4. The molecular formula is C27H44O7. The van der Waals surface area contributed by atoms with Crippen molar-refractivity contribution in [2.24, 2.45) is 58.2 Å². The second-order valence-electron chi connectivity index (χ2n) is 13.7. The highest BCUT2D eigenvalue weighted by Gasteiger charge is 2.75. The quantitative estimate of drug-likeness (QED) is 0.348. The lowest BCUT2D eigenvalue weighted by Gasteiger charge is -2.64. The first-order valence-corrected chi connectivity index (χ1v) is 13.4. The highest BCUT2D eigenvalue weighted by Crippen LogP contribution is 2.71. The van der Waals surface area contributed by atoms with Gasteiger partial charge in [-0.15, -0.1) is 0 Å². The molecule has 7 nitrogen and oxygen atoms in total. The molecule has 0 aromatic heterocycles. The summed E-state index contributed by atoms with van der Waals surface area (Å²) in [7, 11) is 0. The molecule has 5 fully saturated rings. The van der Waals surface area contributed by atoms with E-state index in [1.165, 1.54) is 0 Å². The van der Waals surface area contributed by atoms with Crippen LogP contribution in [-0.4, -0.2) is 72.5 Å². The zero-order chi connectivity index (χ0) is 25.1. The number of hydrogen-bond donors (Lipinski definition) is 6. The van der Waals surface area contributed by atoms with E-state index in [0.29, 0.717) is 19.3 Å². The first-order chi connectivity index (χ1) is 15.7. The lowest BCUT2D eigenvalue weighted by Crippen LogP contribution is -2.71. The molecule has 0 aliphatic heterocycles. The number of hydrogen-bond acceptors (Lipinski definition) is 7. The molecule has 0 spiro atoms. The average molecular weight is 481 g/mol. The summed E-state index contributed by atoms with van der Waals surface area (Å²) in [6, 6.07) is 0. The lowest BCUT2D eigenvalue weighted by atomic mass is 9.42. The molecule has 6 N–H and O–H groups in total. The van der Waals surface area contributed by atoms with Gasteiger partial charge < -0.3 is 30.6 Å². The van der Waals surface area contributed by atoms with Crippen LogP contribution in [0.3, 0.4) is 0 Å². The van der Waals surface area contributed by atoms with Crippen molar-refractivity contribution in [3.63, 3.8) is 0 Å². The summed E-state index contributed by atoms with van der Waals surface area (Å²) >= 11 is 0. The third-order valence-corrected chi connectivity index (χ3v) is 11.5. The van der Waals surface area contributed by atoms with E-state index in [-0.39, 0.29) is 35.9 Å². The monoisotopic (exact) mass is 480 g/mol. The van der Waals surface area contributed by atoms with Gasteiger partial charge in [0, 0.05) is 17.3 Å². The van der Waals surface area contributed by atoms with Crippen molar-refractivity contribution < 1.29 is 35.4 Å². The number of carbonyl (C=O) groups excluding carboxylic acids is 1. The minimum Gasteiger partial charge on any atom is -0.390 e. The predicted octanol–water partition coefficient (Wildman–Crippen LogP) is 1.11. The van der Waals surface area contributed by atoms with Gasteiger partial charge in [0.15, 0.2) is 0 Å². The normalized spacial score (nSPS) is 61.1. The number of aliphatic hydroxyl groups is 6. The van der Waals surface area contributed by atoms with Gasteiger partial charge in [0.2, 0.25) is 0 Å². The standard InChI is InChI=1S/C27H44O7/c1-11(2)9-27(34)10-12(3)17-19(27)23(32)18-16-13(6-7-25(17,18)4)26(5)14(20(29)22(16)31)8-15(28)21(30)24(26)33/h11-22,24,28-31,33-34H,6-10H2,1-5H3/t12-,13?,14-,15+,16?,17+,18+,19-,20-,21-,22-,24-,25-,26-,27+/m1/s1. The maximum atomic E-state index is 14.2. The fourth-order valence-corrected chi connectivity index (χ4v) is 10.5. The second kappa shape index (κ2) is 7.72. The Kier molecular flexibility index (Phi) is 5.70. The van der Waals surface area contributed by atoms with Crippen LogP contribution in [0.1, 0.15) is 66.7 Å². The molecule has 5 aliphatic carbocycles. The van der Waals surface area contributed by atoms with Gasteiger partial charge in [-0.05, 0) is 67.1 Å². The van der Waals surface area contributed by atoms with Gasteiger partial charge in [-0.2, -0.15) is 0 Å². The number of aliphatic hydroxyl groups excluding tert-OH is 5. The molecule has 34 heavy (non-hydrogen) atoms. The maximum absolute atomic E-state index is 14.2. The number of rotatable bonds is 2. The lowest BCUT2D eigenvalue weighted by molar-refractivity contribution is -0.272. The SMILES string of the molecule is CC(C)C[C@]1(O)C[C@@H](C)[C@H]2[C@@H]1C(=O)[C@@H]1C3C(CC[C@]21C)[C@@]1(C)[C@H](O)[C@H](O)[C@@H](O)C[C@@H]1[C@@H](O)[C@@H]3O. The van der Waals surface area contributed by atoms with Gasteiger partial charge in [-0.1, -0.05) is 34.6 Å². The summed E-state index contributed by atoms with van der Waals surface area (Å²) < 4.78 is 0. The fraction of sp³-hybridized carbons (Fsp3) is 0.963. The molecule has 7 heteroatoms. The van der Waals surface area contributed by atoms with Crippen LogP contribution in [0, 0.1) is 58.2 Å². The van der Waals surface area contributed by atoms with Crippen molar-refractivity contribution in [3.8, 4) is 0 Å². The summed E-state index contributed by atoms with van der Waals surface area (Å²) in [6.45, 7) is 10.2. The Morgan fingerprint density at radius 1 is 0.971 bits per heavy atom. The predicted molar refractivity (Wildman–Crippen MR) is 124 cm³/mol. The topological polar surface area (TPSA) is 138 Å². The van der Waals surface area contributed by atoms with Crippen LogP contribution in [-0.2, 0) is 4.79 Å². The van der Waals surface area contributed by atoms with Crippen LogP contribution in [0.5, 0.6) is 0 Å². The van der Waals surface area contributed by atoms with E-state index in [2.05, 4.69) is 27.7 Å². The summed E-state index contributed by atoms with van der Waals surface area (Å²) in [5, 5.41) is 66.5.